The molecule has 4 rings (SSSR count). The van der Waals surface area contributed by atoms with Crippen molar-refractivity contribution in [2.45, 2.75) is 38.8 Å². The van der Waals surface area contributed by atoms with E-state index in [1.54, 1.807) is 32.0 Å². The molecule has 9 nitrogen and oxygen atoms in total. The van der Waals surface area contributed by atoms with Crippen LogP contribution in [0.2, 0.25) is 0 Å². The lowest BCUT2D eigenvalue weighted by molar-refractivity contribution is 0.0684. The fourth-order valence-electron chi connectivity index (χ4n) is 3.78. The minimum Gasteiger partial charge on any atom is -0.479 e. The average molecular weight is 476 g/mol. The minimum atomic E-state index is -0.904. The van der Waals surface area contributed by atoms with E-state index in [9.17, 15) is 14.7 Å². The van der Waals surface area contributed by atoms with Crippen LogP contribution in [0.4, 0.5) is 17.5 Å². The van der Waals surface area contributed by atoms with Gasteiger partial charge in [0.25, 0.3) is 5.91 Å². The third kappa shape index (κ3) is 5.25. The molecular weight excluding hydrogens is 446 g/mol. The first kappa shape index (κ1) is 24.2. The molecule has 0 saturated carbocycles. The van der Waals surface area contributed by atoms with Crippen LogP contribution in [0, 0.1) is 0 Å². The lowest BCUT2D eigenvalue weighted by atomic mass is 10.00. The number of aliphatic hydroxyl groups is 1. The maximum absolute atomic E-state index is 12.8. The van der Waals surface area contributed by atoms with Crippen LogP contribution >= 0.6 is 0 Å². The van der Waals surface area contributed by atoms with Crippen molar-refractivity contribution in [3.05, 3.63) is 71.4 Å². The average Bonchev–Trinajstić information content (AvgIpc) is 3.09. The largest absolute Gasteiger partial charge is 0.479 e. The van der Waals surface area contributed by atoms with Gasteiger partial charge in [0.15, 0.2) is 5.60 Å². The van der Waals surface area contributed by atoms with Crippen LogP contribution < -0.4 is 20.7 Å². The molecule has 0 bridgehead atoms. The van der Waals surface area contributed by atoms with Crippen molar-refractivity contribution in [3.8, 4) is 5.75 Å². The first-order valence-corrected chi connectivity index (χ1v) is 11.5. The Morgan fingerprint density at radius 2 is 1.94 bits per heavy atom. The molecule has 1 aliphatic rings. The van der Waals surface area contributed by atoms with Gasteiger partial charge in [-0.25, -0.2) is 4.98 Å². The van der Waals surface area contributed by atoms with Gasteiger partial charge in [-0.1, -0.05) is 37.3 Å². The zero-order valence-electron chi connectivity index (χ0n) is 20.0. The van der Waals surface area contributed by atoms with Crippen LogP contribution in [0.1, 0.15) is 59.5 Å². The van der Waals surface area contributed by atoms with Crippen LogP contribution in [-0.4, -0.2) is 45.5 Å². The summed E-state index contributed by atoms with van der Waals surface area (Å²) in [6.45, 7) is 5.75. The summed E-state index contributed by atoms with van der Waals surface area (Å²) >= 11 is 0. The van der Waals surface area contributed by atoms with E-state index in [0.29, 0.717) is 23.5 Å². The number of hydrogen-bond acceptors (Lipinski definition) is 8. The molecule has 1 aliphatic heterocycles. The molecule has 0 aliphatic carbocycles. The Hall–Kier alpha value is -3.98. The molecule has 1 aromatic heterocycles. The van der Waals surface area contributed by atoms with Gasteiger partial charge in [-0.15, -0.1) is 0 Å². The summed E-state index contributed by atoms with van der Waals surface area (Å²) in [5.74, 6) is 0.640. The Bertz CT molecular complexity index is 1230. The van der Waals surface area contributed by atoms with Gasteiger partial charge in [-0.05, 0) is 38.0 Å². The zero-order chi connectivity index (χ0) is 25.0. The summed E-state index contributed by atoms with van der Waals surface area (Å²) in [6, 6.07) is 14.1. The number of carbonyl (C=O) groups excluding carboxylic acids is 2. The first-order chi connectivity index (χ1) is 16.8. The van der Waals surface area contributed by atoms with Crippen LogP contribution in [0.5, 0.6) is 5.75 Å². The number of amides is 1. The molecule has 0 fully saturated rings. The van der Waals surface area contributed by atoms with E-state index < -0.39 is 11.6 Å². The highest BCUT2D eigenvalue weighted by atomic mass is 16.5. The quantitative estimate of drug-likeness (QED) is 0.368. The van der Waals surface area contributed by atoms with Crippen molar-refractivity contribution in [2.24, 2.45) is 0 Å². The summed E-state index contributed by atoms with van der Waals surface area (Å²) in [4.78, 5) is 34.0. The van der Waals surface area contributed by atoms with E-state index in [-0.39, 0.29) is 35.6 Å². The SMILES string of the molecule is CCCNC(=O)c1cnc(Nc2ccc3c(c2)OC(C)(C)C3=O)nc1N[C@H](CO)c1ccccc1. The Balaban J connectivity index is 1.63. The number of carbonyl (C=O) groups is 2. The Morgan fingerprint density at radius 3 is 2.66 bits per heavy atom. The second kappa shape index (κ2) is 10.1. The third-order valence-electron chi connectivity index (χ3n) is 5.66. The van der Waals surface area contributed by atoms with E-state index >= 15 is 0 Å². The molecular formula is C26H29N5O4. The predicted octanol–water partition coefficient (Wildman–Crippen LogP) is 3.86. The van der Waals surface area contributed by atoms with E-state index in [0.717, 1.165) is 12.0 Å². The number of aliphatic hydroxyl groups excluding tert-OH is 1. The maximum Gasteiger partial charge on any atom is 0.256 e. The number of fused-ring (bicyclic) bond motifs is 1. The molecule has 0 saturated heterocycles. The summed E-state index contributed by atoms with van der Waals surface area (Å²) in [6.07, 6.45) is 2.23. The third-order valence-corrected chi connectivity index (χ3v) is 5.66. The van der Waals surface area contributed by atoms with Gasteiger partial charge in [0, 0.05) is 24.5 Å². The van der Waals surface area contributed by atoms with Crippen LogP contribution in [0.25, 0.3) is 0 Å². The number of benzene rings is 2. The maximum atomic E-state index is 12.8. The van der Waals surface area contributed by atoms with E-state index in [4.69, 9.17) is 4.74 Å². The monoisotopic (exact) mass is 475 g/mol. The van der Waals surface area contributed by atoms with Crippen molar-refractivity contribution in [1.82, 2.24) is 15.3 Å². The van der Waals surface area contributed by atoms with Gasteiger partial charge in [-0.3, -0.25) is 9.59 Å². The summed E-state index contributed by atoms with van der Waals surface area (Å²) in [5, 5.41) is 19.1. The second-order valence-electron chi connectivity index (χ2n) is 8.78. The molecule has 0 spiro atoms. The van der Waals surface area contributed by atoms with Gasteiger partial charge in [0.05, 0.1) is 18.2 Å². The lowest BCUT2D eigenvalue weighted by Crippen LogP contribution is -2.31. The number of rotatable bonds is 9. The van der Waals surface area contributed by atoms with Gasteiger partial charge < -0.3 is 25.8 Å². The molecule has 4 N–H and O–H groups in total. The highest BCUT2D eigenvalue weighted by Crippen LogP contribution is 2.37. The summed E-state index contributed by atoms with van der Waals surface area (Å²) in [7, 11) is 0. The highest BCUT2D eigenvalue weighted by molar-refractivity contribution is 6.07. The van der Waals surface area contributed by atoms with E-state index in [1.165, 1.54) is 6.20 Å². The van der Waals surface area contributed by atoms with Crippen LogP contribution in [-0.2, 0) is 0 Å². The van der Waals surface area contributed by atoms with E-state index in [2.05, 4.69) is 25.9 Å². The smallest absolute Gasteiger partial charge is 0.256 e. The van der Waals surface area contributed by atoms with Crippen LogP contribution in [0.15, 0.2) is 54.7 Å². The molecule has 182 valence electrons. The molecule has 3 aromatic rings. The number of ketones is 1. The number of nitrogens with one attached hydrogen (secondary N) is 3. The van der Waals surface area contributed by atoms with Gasteiger partial charge >= 0.3 is 0 Å². The predicted molar refractivity (Wildman–Crippen MR) is 133 cm³/mol. The number of aromatic nitrogens is 2. The zero-order valence-corrected chi connectivity index (χ0v) is 20.0. The second-order valence-corrected chi connectivity index (χ2v) is 8.78. The first-order valence-electron chi connectivity index (χ1n) is 11.5. The van der Waals surface area contributed by atoms with Crippen molar-refractivity contribution in [2.75, 3.05) is 23.8 Å². The Morgan fingerprint density at radius 1 is 1.17 bits per heavy atom. The number of anilines is 3. The molecule has 2 heterocycles. The Labute approximate surface area is 204 Å². The molecule has 1 amide bonds. The van der Waals surface area contributed by atoms with Crippen molar-refractivity contribution in [3.63, 3.8) is 0 Å². The molecule has 2 aromatic carbocycles. The number of Topliss-reactive ketones (excluding diaryl/α,β-unsaturated/α-hetero) is 1. The van der Waals surface area contributed by atoms with Crippen molar-refractivity contribution in [1.29, 1.82) is 0 Å². The molecule has 35 heavy (non-hydrogen) atoms. The molecule has 0 radical (unpaired) electrons. The van der Waals surface area contributed by atoms with Gasteiger partial charge in [0.1, 0.15) is 17.1 Å². The Kier molecular flexibility index (Phi) is 6.97. The van der Waals surface area contributed by atoms with Crippen molar-refractivity contribution >= 4 is 29.1 Å². The highest BCUT2D eigenvalue weighted by Gasteiger charge is 2.39. The summed E-state index contributed by atoms with van der Waals surface area (Å²) < 4.78 is 5.79. The lowest BCUT2D eigenvalue weighted by Gasteiger charge is -2.20. The van der Waals surface area contributed by atoms with Gasteiger partial charge in [-0.2, -0.15) is 4.98 Å². The number of nitrogens with zero attached hydrogens (tertiary/aromatic N) is 2. The standard InChI is InChI=1S/C26H29N5O4/c1-4-12-27-24(34)19-14-28-25(31-23(19)30-20(15-32)16-8-6-5-7-9-16)29-17-10-11-18-21(13-17)35-26(2,3)22(18)33/h5-11,13-14,20,32H,4,12,15H2,1-3H3,(H,27,34)(H2,28,29,30,31)/t20-/m1/s1. The van der Waals surface area contributed by atoms with E-state index in [1.807, 2.05) is 37.3 Å². The normalized spacial score (nSPS) is 14.6. The molecule has 9 heteroatoms. The number of ether oxygens (including phenoxy) is 1. The fourth-order valence-corrected chi connectivity index (χ4v) is 3.78. The minimum absolute atomic E-state index is 0.0693. The topological polar surface area (TPSA) is 125 Å². The summed E-state index contributed by atoms with van der Waals surface area (Å²) in [5.41, 5.74) is 1.37. The number of hydrogen-bond donors (Lipinski definition) is 4. The molecule has 1 atom stereocenters. The van der Waals surface area contributed by atoms with Gasteiger partial charge in [0.2, 0.25) is 11.7 Å². The molecule has 0 unspecified atom stereocenters. The van der Waals surface area contributed by atoms with Crippen LogP contribution in [0.3, 0.4) is 0 Å². The fraction of sp³-hybridized carbons (Fsp3) is 0.308. The van der Waals surface area contributed by atoms with Crippen molar-refractivity contribution < 1.29 is 19.4 Å².